The van der Waals surface area contributed by atoms with Crippen LogP contribution in [0.4, 0.5) is 0 Å². The third-order valence-electron chi connectivity index (χ3n) is 10.7. The van der Waals surface area contributed by atoms with Crippen LogP contribution in [-0.2, 0) is 0 Å². The third-order valence-corrected chi connectivity index (χ3v) is 10.7. The maximum absolute atomic E-state index is 6.78. The Labute approximate surface area is 317 Å². The van der Waals surface area contributed by atoms with Crippen LogP contribution in [0.3, 0.4) is 0 Å². The van der Waals surface area contributed by atoms with Gasteiger partial charge in [0.05, 0.1) is 0 Å². The first kappa shape index (κ1) is 31.1. The fraction of sp³-hybridized carbons (Fsp3) is 0. The van der Waals surface area contributed by atoms with E-state index in [-0.39, 0.29) is 0 Å². The lowest BCUT2D eigenvalue weighted by Gasteiger charge is -2.13. The van der Waals surface area contributed by atoms with Crippen molar-refractivity contribution in [2.45, 2.75) is 0 Å². The third kappa shape index (κ3) is 5.19. The van der Waals surface area contributed by atoms with Gasteiger partial charge in [-0.2, -0.15) is 0 Å². The molecule has 4 heteroatoms. The minimum Gasteiger partial charge on any atom is -0.455 e. The standard InChI is InChI=1S/C51H31N3O/c1-3-14-32(15-4-1)37-28-29-44(40-22-10-9-21-38(37)40)51-53-49(34-17-5-2-6-18-34)52-50(54-51)35-26-27-42-46-31-45(39-25-13-19-33-16-7-8-20-36(33)39)41-23-11-12-24-43(41)48(46)55-47(42)30-35/h1-31H. The molecule has 256 valence electrons. The molecule has 0 saturated carbocycles. The van der Waals surface area contributed by atoms with Crippen LogP contribution in [0.2, 0.25) is 0 Å². The molecule has 4 nitrogen and oxygen atoms in total. The Hall–Kier alpha value is -7.43. The van der Waals surface area contributed by atoms with Gasteiger partial charge < -0.3 is 4.42 Å². The average Bonchev–Trinajstić information content (AvgIpc) is 3.64. The van der Waals surface area contributed by atoms with E-state index >= 15 is 0 Å². The number of nitrogens with zero attached hydrogens (tertiary/aromatic N) is 3. The number of fused-ring (bicyclic) bond motifs is 7. The fourth-order valence-corrected chi connectivity index (χ4v) is 8.13. The highest BCUT2D eigenvalue weighted by molar-refractivity contribution is 6.20. The van der Waals surface area contributed by atoms with Crippen LogP contribution in [0.25, 0.3) is 111 Å². The molecule has 9 aromatic carbocycles. The van der Waals surface area contributed by atoms with Crippen molar-refractivity contribution in [1.29, 1.82) is 0 Å². The van der Waals surface area contributed by atoms with E-state index in [9.17, 15) is 0 Å². The number of hydrogen-bond acceptors (Lipinski definition) is 4. The molecule has 0 N–H and O–H groups in total. The molecule has 0 bridgehead atoms. The van der Waals surface area contributed by atoms with Crippen LogP contribution >= 0.6 is 0 Å². The first-order valence-electron chi connectivity index (χ1n) is 18.5. The number of benzene rings is 9. The summed E-state index contributed by atoms with van der Waals surface area (Å²) in [7, 11) is 0. The molecule has 55 heavy (non-hydrogen) atoms. The lowest BCUT2D eigenvalue weighted by Crippen LogP contribution is -2.00. The highest BCUT2D eigenvalue weighted by atomic mass is 16.3. The van der Waals surface area contributed by atoms with Crippen molar-refractivity contribution < 1.29 is 4.42 Å². The van der Waals surface area contributed by atoms with Gasteiger partial charge in [-0.05, 0) is 73.5 Å². The van der Waals surface area contributed by atoms with Gasteiger partial charge in [-0.1, -0.05) is 164 Å². The lowest BCUT2D eigenvalue weighted by molar-refractivity contribution is 0.673. The summed E-state index contributed by atoms with van der Waals surface area (Å²) in [6, 6.07) is 65.7. The van der Waals surface area contributed by atoms with E-state index in [0.29, 0.717) is 17.5 Å². The summed E-state index contributed by atoms with van der Waals surface area (Å²) in [4.78, 5) is 15.4. The Morgan fingerprint density at radius 2 is 0.855 bits per heavy atom. The first-order chi connectivity index (χ1) is 27.3. The van der Waals surface area contributed by atoms with Crippen LogP contribution in [0.1, 0.15) is 0 Å². The van der Waals surface area contributed by atoms with E-state index in [1.807, 2.05) is 36.4 Å². The number of hydrogen-bond donors (Lipinski definition) is 0. The summed E-state index contributed by atoms with van der Waals surface area (Å²) in [6.07, 6.45) is 0. The maximum atomic E-state index is 6.78. The van der Waals surface area contributed by atoms with E-state index in [2.05, 4.69) is 152 Å². The van der Waals surface area contributed by atoms with Gasteiger partial charge in [0.25, 0.3) is 0 Å². The van der Waals surface area contributed by atoms with E-state index in [0.717, 1.165) is 60.2 Å². The molecule has 11 aromatic rings. The number of rotatable bonds is 5. The van der Waals surface area contributed by atoms with Crippen molar-refractivity contribution in [2.75, 3.05) is 0 Å². The zero-order valence-corrected chi connectivity index (χ0v) is 29.6. The Morgan fingerprint density at radius 1 is 0.291 bits per heavy atom. The molecule has 0 atom stereocenters. The lowest BCUT2D eigenvalue weighted by atomic mass is 9.92. The SMILES string of the molecule is c1ccc(-c2nc(-c3ccc4c(c3)oc3c5ccccc5c(-c5cccc6ccccc56)cc43)nc(-c3ccc(-c4ccccc4)c4ccccc34)n2)cc1. The molecule has 0 fully saturated rings. The van der Waals surface area contributed by atoms with Crippen molar-refractivity contribution in [1.82, 2.24) is 15.0 Å². The Morgan fingerprint density at radius 3 is 1.62 bits per heavy atom. The molecule has 0 aliphatic rings. The predicted octanol–water partition coefficient (Wildman–Crippen LogP) is 13.6. The monoisotopic (exact) mass is 701 g/mol. The van der Waals surface area contributed by atoms with Crippen LogP contribution in [-0.4, -0.2) is 15.0 Å². The van der Waals surface area contributed by atoms with Crippen molar-refractivity contribution in [2.24, 2.45) is 0 Å². The summed E-state index contributed by atoms with van der Waals surface area (Å²) in [6.45, 7) is 0. The molecule has 0 amide bonds. The van der Waals surface area contributed by atoms with Crippen LogP contribution in [0.5, 0.6) is 0 Å². The van der Waals surface area contributed by atoms with Gasteiger partial charge in [0, 0.05) is 32.8 Å². The minimum absolute atomic E-state index is 0.587. The molecular weight excluding hydrogens is 671 g/mol. The van der Waals surface area contributed by atoms with Crippen molar-refractivity contribution in [3.05, 3.63) is 188 Å². The van der Waals surface area contributed by atoms with E-state index in [4.69, 9.17) is 19.4 Å². The average molecular weight is 702 g/mol. The largest absolute Gasteiger partial charge is 0.455 e. The topological polar surface area (TPSA) is 51.8 Å². The zero-order valence-electron chi connectivity index (χ0n) is 29.6. The molecule has 2 heterocycles. The second-order valence-corrected chi connectivity index (χ2v) is 13.9. The van der Waals surface area contributed by atoms with Gasteiger partial charge in [-0.3, -0.25) is 0 Å². The van der Waals surface area contributed by atoms with Crippen molar-refractivity contribution in [3.8, 4) is 56.4 Å². The smallest absolute Gasteiger partial charge is 0.164 e. The van der Waals surface area contributed by atoms with Gasteiger partial charge in [-0.15, -0.1) is 0 Å². The summed E-state index contributed by atoms with van der Waals surface area (Å²) < 4.78 is 6.78. The van der Waals surface area contributed by atoms with E-state index < -0.39 is 0 Å². The molecule has 11 rings (SSSR count). The molecule has 2 aromatic heterocycles. The Bertz CT molecular complexity index is 3250. The summed E-state index contributed by atoms with van der Waals surface area (Å²) in [5.74, 6) is 1.83. The van der Waals surface area contributed by atoms with Gasteiger partial charge in [0.15, 0.2) is 17.5 Å². The Balaban J connectivity index is 1.11. The quantitative estimate of drug-likeness (QED) is 0.179. The van der Waals surface area contributed by atoms with Crippen LogP contribution in [0.15, 0.2) is 192 Å². The van der Waals surface area contributed by atoms with Crippen molar-refractivity contribution >= 4 is 54.3 Å². The van der Waals surface area contributed by atoms with Gasteiger partial charge in [0.2, 0.25) is 0 Å². The van der Waals surface area contributed by atoms with E-state index in [1.54, 1.807) is 0 Å². The van der Waals surface area contributed by atoms with Crippen LogP contribution in [0, 0.1) is 0 Å². The molecular formula is C51H31N3O. The zero-order chi connectivity index (χ0) is 36.3. The fourth-order valence-electron chi connectivity index (χ4n) is 8.13. The van der Waals surface area contributed by atoms with E-state index in [1.165, 1.54) is 33.0 Å². The maximum Gasteiger partial charge on any atom is 0.164 e. The second-order valence-electron chi connectivity index (χ2n) is 13.9. The highest BCUT2D eigenvalue weighted by Crippen LogP contribution is 2.42. The van der Waals surface area contributed by atoms with Gasteiger partial charge in [0.1, 0.15) is 11.2 Å². The van der Waals surface area contributed by atoms with Crippen LogP contribution < -0.4 is 0 Å². The molecule has 0 saturated heterocycles. The van der Waals surface area contributed by atoms with Gasteiger partial charge >= 0.3 is 0 Å². The molecule has 0 radical (unpaired) electrons. The molecule has 0 unspecified atom stereocenters. The normalized spacial score (nSPS) is 11.6. The summed E-state index contributed by atoms with van der Waals surface area (Å²) >= 11 is 0. The highest BCUT2D eigenvalue weighted by Gasteiger charge is 2.19. The van der Waals surface area contributed by atoms with Gasteiger partial charge in [-0.25, -0.2) is 15.0 Å². The minimum atomic E-state index is 0.587. The first-order valence-corrected chi connectivity index (χ1v) is 18.5. The summed E-state index contributed by atoms with van der Waals surface area (Å²) in [5.41, 5.74) is 9.13. The van der Waals surface area contributed by atoms with Crippen molar-refractivity contribution in [3.63, 3.8) is 0 Å². The number of aromatic nitrogens is 3. The molecule has 0 aliphatic carbocycles. The summed E-state index contributed by atoms with van der Waals surface area (Å²) in [5, 5.41) is 9.05. The predicted molar refractivity (Wildman–Crippen MR) is 227 cm³/mol. The Kier molecular flexibility index (Phi) is 7.14. The molecule has 0 spiro atoms. The molecule has 0 aliphatic heterocycles. The number of furan rings is 1. The second kappa shape index (κ2) is 12.6.